The third-order valence-corrected chi connectivity index (χ3v) is 4.82. The van der Waals surface area contributed by atoms with Crippen LogP contribution in [0.3, 0.4) is 0 Å². The molecular formula is C22H26N2O3. The lowest BCUT2D eigenvalue weighted by Gasteiger charge is -2.28. The molecule has 1 N–H and O–H groups in total. The third-order valence-electron chi connectivity index (χ3n) is 4.82. The molecule has 0 fully saturated rings. The molecule has 1 aliphatic rings. The Labute approximate surface area is 160 Å². The van der Waals surface area contributed by atoms with Crippen molar-refractivity contribution in [2.45, 2.75) is 39.4 Å². The zero-order valence-electron chi connectivity index (χ0n) is 16.1. The van der Waals surface area contributed by atoms with Crippen molar-refractivity contribution >= 4 is 11.8 Å². The van der Waals surface area contributed by atoms with Crippen molar-refractivity contribution < 1.29 is 14.3 Å². The van der Waals surface area contributed by atoms with E-state index in [1.807, 2.05) is 48.5 Å². The SMILES string of the molecule is COc1cccc(CNC(=O)[C@@H](CC(C)C)N2Cc3ccccc3C2=O)c1. The summed E-state index contributed by atoms with van der Waals surface area (Å²) < 4.78 is 5.23. The molecule has 0 unspecified atom stereocenters. The number of amides is 2. The Balaban J connectivity index is 1.73. The molecule has 0 radical (unpaired) electrons. The second kappa shape index (κ2) is 8.25. The van der Waals surface area contributed by atoms with Gasteiger partial charge in [-0.3, -0.25) is 9.59 Å². The molecule has 2 aromatic carbocycles. The maximum atomic E-state index is 13.0. The number of rotatable bonds is 7. The summed E-state index contributed by atoms with van der Waals surface area (Å²) in [5.41, 5.74) is 2.64. The van der Waals surface area contributed by atoms with Gasteiger partial charge in [-0.1, -0.05) is 44.2 Å². The van der Waals surface area contributed by atoms with Gasteiger partial charge in [-0.15, -0.1) is 0 Å². The first kappa shape index (κ1) is 19.0. The van der Waals surface area contributed by atoms with Gasteiger partial charge in [0.2, 0.25) is 5.91 Å². The van der Waals surface area contributed by atoms with E-state index in [2.05, 4.69) is 19.2 Å². The second-order valence-corrected chi connectivity index (χ2v) is 7.30. The minimum atomic E-state index is -0.476. The molecule has 0 saturated heterocycles. The van der Waals surface area contributed by atoms with Crippen molar-refractivity contribution in [2.24, 2.45) is 5.92 Å². The number of hydrogen-bond donors (Lipinski definition) is 1. The molecule has 0 aliphatic carbocycles. The van der Waals surface area contributed by atoms with Gasteiger partial charge in [0.15, 0.2) is 0 Å². The van der Waals surface area contributed by atoms with Crippen LogP contribution in [0.4, 0.5) is 0 Å². The summed E-state index contributed by atoms with van der Waals surface area (Å²) >= 11 is 0. The number of fused-ring (bicyclic) bond motifs is 1. The third kappa shape index (κ3) is 4.30. The van der Waals surface area contributed by atoms with Gasteiger partial charge < -0.3 is 15.0 Å². The van der Waals surface area contributed by atoms with Crippen LogP contribution in [0, 0.1) is 5.92 Å². The number of methoxy groups -OCH3 is 1. The zero-order chi connectivity index (χ0) is 19.4. The number of carbonyl (C=O) groups excluding carboxylic acids is 2. The van der Waals surface area contributed by atoms with E-state index in [9.17, 15) is 9.59 Å². The standard InChI is InChI=1S/C22H26N2O3/c1-15(2)11-20(24-14-17-8-4-5-10-19(17)22(24)26)21(25)23-13-16-7-6-9-18(12-16)27-3/h4-10,12,15,20H,11,13-14H2,1-3H3,(H,23,25)/t20-/m1/s1. The molecule has 2 amide bonds. The first-order chi connectivity index (χ1) is 13.0. The van der Waals surface area contributed by atoms with Gasteiger partial charge in [-0.25, -0.2) is 0 Å². The summed E-state index contributed by atoms with van der Waals surface area (Å²) in [5.74, 6) is 0.875. The smallest absolute Gasteiger partial charge is 0.255 e. The number of nitrogens with one attached hydrogen (secondary N) is 1. The Morgan fingerprint density at radius 3 is 2.67 bits per heavy atom. The lowest BCUT2D eigenvalue weighted by Crippen LogP contribution is -2.47. The van der Waals surface area contributed by atoms with Crippen LogP contribution in [-0.4, -0.2) is 29.9 Å². The minimum Gasteiger partial charge on any atom is -0.497 e. The van der Waals surface area contributed by atoms with Crippen LogP contribution in [0.25, 0.3) is 0 Å². The lowest BCUT2D eigenvalue weighted by atomic mass is 10.0. The Hall–Kier alpha value is -2.82. The van der Waals surface area contributed by atoms with Crippen molar-refractivity contribution in [3.05, 3.63) is 65.2 Å². The number of nitrogens with zero attached hydrogens (tertiary/aromatic N) is 1. The Morgan fingerprint density at radius 2 is 1.96 bits per heavy atom. The maximum Gasteiger partial charge on any atom is 0.255 e. The highest BCUT2D eigenvalue weighted by Crippen LogP contribution is 2.27. The van der Waals surface area contributed by atoms with Gasteiger partial charge >= 0.3 is 0 Å². The zero-order valence-corrected chi connectivity index (χ0v) is 16.1. The Kier molecular flexibility index (Phi) is 5.79. The molecule has 1 atom stereocenters. The highest BCUT2D eigenvalue weighted by Gasteiger charge is 2.36. The van der Waals surface area contributed by atoms with Crippen molar-refractivity contribution in [2.75, 3.05) is 7.11 Å². The fourth-order valence-corrected chi connectivity index (χ4v) is 3.44. The van der Waals surface area contributed by atoms with Crippen molar-refractivity contribution in [1.29, 1.82) is 0 Å². The van der Waals surface area contributed by atoms with E-state index in [1.54, 1.807) is 12.0 Å². The van der Waals surface area contributed by atoms with E-state index in [1.165, 1.54) is 0 Å². The lowest BCUT2D eigenvalue weighted by molar-refractivity contribution is -0.126. The van der Waals surface area contributed by atoms with Crippen LogP contribution in [0.2, 0.25) is 0 Å². The first-order valence-corrected chi connectivity index (χ1v) is 9.29. The fraction of sp³-hybridized carbons (Fsp3) is 0.364. The highest BCUT2D eigenvalue weighted by molar-refractivity contribution is 6.01. The molecule has 3 rings (SSSR count). The Bertz CT molecular complexity index is 832. The van der Waals surface area contributed by atoms with E-state index in [-0.39, 0.29) is 11.8 Å². The summed E-state index contributed by atoms with van der Waals surface area (Å²) in [4.78, 5) is 27.5. The van der Waals surface area contributed by atoms with E-state index in [0.29, 0.717) is 31.0 Å². The van der Waals surface area contributed by atoms with Crippen LogP contribution in [-0.2, 0) is 17.9 Å². The summed E-state index contributed by atoms with van der Waals surface area (Å²) in [6.45, 7) is 5.02. The summed E-state index contributed by atoms with van der Waals surface area (Å²) in [5, 5.41) is 2.99. The van der Waals surface area contributed by atoms with Crippen LogP contribution in [0.1, 0.15) is 41.8 Å². The van der Waals surface area contributed by atoms with Gasteiger partial charge in [-0.05, 0) is 41.7 Å². The molecule has 0 bridgehead atoms. The van der Waals surface area contributed by atoms with Gasteiger partial charge in [0.25, 0.3) is 5.91 Å². The molecule has 1 aliphatic heterocycles. The predicted molar refractivity (Wildman–Crippen MR) is 104 cm³/mol. The van der Waals surface area contributed by atoms with E-state index in [4.69, 9.17) is 4.74 Å². The van der Waals surface area contributed by atoms with Gasteiger partial charge in [0, 0.05) is 18.7 Å². The topological polar surface area (TPSA) is 58.6 Å². The molecule has 0 spiro atoms. The van der Waals surface area contributed by atoms with Crippen molar-refractivity contribution in [3.8, 4) is 5.75 Å². The van der Waals surface area contributed by atoms with Crippen molar-refractivity contribution in [3.63, 3.8) is 0 Å². The molecule has 27 heavy (non-hydrogen) atoms. The summed E-state index contributed by atoms with van der Waals surface area (Å²) in [6, 6.07) is 14.7. The molecule has 2 aromatic rings. The van der Waals surface area contributed by atoms with Crippen LogP contribution in [0.15, 0.2) is 48.5 Å². The van der Waals surface area contributed by atoms with Crippen molar-refractivity contribution in [1.82, 2.24) is 10.2 Å². The normalized spacial score (nSPS) is 14.2. The molecule has 142 valence electrons. The number of ether oxygens (including phenoxy) is 1. The number of hydrogen-bond acceptors (Lipinski definition) is 3. The molecule has 0 aromatic heterocycles. The maximum absolute atomic E-state index is 13.0. The van der Waals surface area contributed by atoms with E-state index in [0.717, 1.165) is 16.9 Å². The average Bonchev–Trinajstić information content (AvgIpc) is 3.01. The van der Waals surface area contributed by atoms with Gasteiger partial charge in [0.05, 0.1) is 7.11 Å². The fourth-order valence-electron chi connectivity index (χ4n) is 3.44. The van der Waals surface area contributed by atoms with Gasteiger partial charge in [-0.2, -0.15) is 0 Å². The number of carbonyl (C=O) groups is 2. The molecule has 0 saturated carbocycles. The van der Waals surface area contributed by atoms with Crippen LogP contribution < -0.4 is 10.1 Å². The largest absolute Gasteiger partial charge is 0.497 e. The first-order valence-electron chi connectivity index (χ1n) is 9.29. The predicted octanol–water partition coefficient (Wildman–Crippen LogP) is 3.38. The molecule has 1 heterocycles. The quantitative estimate of drug-likeness (QED) is 0.817. The minimum absolute atomic E-state index is 0.0622. The number of benzene rings is 2. The molecule has 5 nitrogen and oxygen atoms in total. The van der Waals surface area contributed by atoms with Crippen LogP contribution >= 0.6 is 0 Å². The van der Waals surface area contributed by atoms with E-state index >= 15 is 0 Å². The van der Waals surface area contributed by atoms with E-state index < -0.39 is 6.04 Å². The monoisotopic (exact) mass is 366 g/mol. The highest BCUT2D eigenvalue weighted by atomic mass is 16.5. The van der Waals surface area contributed by atoms with Crippen LogP contribution in [0.5, 0.6) is 5.75 Å². The van der Waals surface area contributed by atoms with Gasteiger partial charge in [0.1, 0.15) is 11.8 Å². The Morgan fingerprint density at radius 1 is 1.19 bits per heavy atom. The molecule has 5 heteroatoms. The summed E-state index contributed by atoms with van der Waals surface area (Å²) in [6.07, 6.45) is 0.629. The summed E-state index contributed by atoms with van der Waals surface area (Å²) in [7, 11) is 1.62. The second-order valence-electron chi connectivity index (χ2n) is 7.30. The molecular weight excluding hydrogens is 340 g/mol. The average molecular weight is 366 g/mol.